The average molecular weight is 482 g/mol. The third-order valence-corrected chi connectivity index (χ3v) is 5.53. The van der Waals surface area contributed by atoms with Crippen LogP contribution in [0.5, 0.6) is 0 Å². The van der Waals surface area contributed by atoms with Crippen molar-refractivity contribution in [3.8, 4) is 6.07 Å². The van der Waals surface area contributed by atoms with E-state index in [-0.39, 0.29) is 12.2 Å². The van der Waals surface area contributed by atoms with E-state index < -0.39 is 17.8 Å². The predicted octanol–water partition coefficient (Wildman–Crippen LogP) is 4.63. The first-order valence-electron chi connectivity index (χ1n) is 7.95. The minimum Gasteiger partial charge on any atom is -0.364 e. The highest BCUT2D eigenvalue weighted by atomic mass is 79.9. The van der Waals surface area contributed by atoms with E-state index in [1.807, 2.05) is 6.07 Å². The molecule has 0 unspecified atom stereocenters. The normalized spacial score (nSPS) is 11.1. The number of carbonyl (C=O) groups is 1. The molecule has 2 aromatic heterocycles. The van der Waals surface area contributed by atoms with Crippen molar-refractivity contribution in [1.29, 1.82) is 5.26 Å². The van der Waals surface area contributed by atoms with E-state index in [9.17, 15) is 18.0 Å². The molecular weight excluding hydrogens is 471 g/mol. The van der Waals surface area contributed by atoms with E-state index in [1.165, 1.54) is 6.07 Å². The second-order valence-electron chi connectivity index (χ2n) is 5.78. The van der Waals surface area contributed by atoms with Gasteiger partial charge >= 0.3 is 6.18 Å². The Bertz CT molecular complexity index is 1070. The van der Waals surface area contributed by atoms with Gasteiger partial charge in [0.1, 0.15) is 9.48 Å². The molecule has 0 spiro atoms. The molecule has 3 aromatic rings. The molecule has 2 N–H and O–H groups in total. The fourth-order valence-corrected chi connectivity index (χ4v) is 3.95. The van der Waals surface area contributed by atoms with E-state index in [1.54, 1.807) is 29.2 Å². The number of halogens is 4. The van der Waals surface area contributed by atoms with Gasteiger partial charge in [0.25, 0.3) is 5.91 Å². The van der Waals surface area contributed by atoms with Crippen molar-refractivity contribution in [2.45, 2.75) is 12.7 Å². The molecule has 29 heavy (non-hydrogen) atoms. The van der Waals surface area contributed by atoms with Crippen LogP contribution in [0.4, 0.5) is 24.0 Å². The van der Waals surface area contributed by atoms with Crippen molar-refractivity contribution in [1.82, 2.24) is 9.97 Å². The number of anilines is 2. The van der Waals surface area contributed by atoms with Crippen molar-refractivity contribution in [3.05, 3.63) is 68.9 Å². The quantitative estimate of drug-likeness (QED) is 0.572. The highest BCUT2D eigenvalue weighted by Crippen LogP contribution is 2.36. The van der Waals surface area contributed by atoms with Crippen molar-refractivity contribution in [2.75, 3.05) is 4.90 Å². The summed E-state index contributed by atoms with van der Waals surface area (Å²) in [5.74, 6) is -0.713. The molecule has 2 heterocycles. The summed E-state index contributed by atoms with van der Waals surface area (Å²) in [7, 11) is 0. The fraction of sp³-hybridized carbons (Fsp3) is 0.111. The van der Waals surface area contributed by atoms with Crippen LogP contribution in [0.2, 0.25) is 0 Å². The lowest BCUT2D eigenvalue weighted by Crippen LogP contribution is -2.18. The molecule has 0 fully saturated rings. The maximum atomic E-state index is 12.7. The summed E-state index contributed by atoms with van der Waals surface area (Å²) in [5, 5.41) is 9.38. The minimum absolute atomic E-state index is 0.0502. The standard InChI is InChI=1S/C18H11BrF3N5OS/c19-15-14(16(24)28)26-17(29-15)27(12-4-1-10(7-23)2-5-12)9-11-3-6-13(25-8-11)18(20,21)22/h1-6,8H,9H2,(H2,24,28). The third-order valence-electron chi connectivity index (χ3n) is 3.80. The van der Waals surface area contributed by atoms with Crippen LogP contribution >= 0.6 is 27.3 Å². The van der Waals surface area contributed by atoms with Crippen molar-refractivity contribution in [3.63, 3.8) is 0 Å². The number of hydrogen-bond acceptors (Lipinski definition) is 6. The first kappa shape index (κ1) is 20.8. The zero-order valence-corrected chi connectivity index (χ0v) is 16.8. The molecule has 11 heteroatoms. The molecule has 0 atom stereocenters. The lowest BCUT2D eigenvalue weighted by atomic mass is 10.2. The van der Waals surface area contributed by atoms with Crippen LogP contribution in [-0.2, 0) is 12.7 Å². The van der Waals surface area contributed by atoms with Gasteiger partial charge in [-0.05, 0) is 51.8 Å². The Morgan fingerprint density at radius 1 is 1.24 bits per heavy atom. The monoisotopic (exact) mass is 481 g/mol. The number of primary amides is 1. The molecule has 148 valence electrons. The number of hydrogen-bond donors (Lipinski definition) is 1. The first-order valence-corrected chi connectivity index (χ1v) is 9.56. The number of rotatable bonds is 5. The number of pyridine rings is 1. The first-order chi connectivity index (χ1) is 13.7. The lowest BCUT2D eigenvalue weighted by molar-refractivity contribution is -0.141. The topological polar surface area (TPSA) is 95.9 Å². The Morgan fingerprint density at radius 3 is 2.41 bits per heavy atom. The fourth-order valence-electron chi connectivity index (χ4n) is 2.41. The van der Waals surface area contributed by atoms with Crippen molar-refractivity contribution < 1.29 is 18.0 Å². The number of thiazole rings is 1. The summed E-state index contributed by atoms with van der Waals surface area (Å²) in [4.78, 5) is 20.9. The SMILES string of the molecule is N#Cc1ccc(N(Cc2ccc(C(F)(F)F)nc2)c2nc(C(N)=O)c(Br)s2)cc1. The maximum absolute atomic E-state index is 12.7. The highest BCUT2D eigenvalue weighted by Gasteiger charge is 2.32. The van der Waals surface area contributed by atoms with E-state index in [2.05, 4.69) is 25.9 Å². The molecule has 0 radical (unpaired) electrons. The summed E-state index contributed by atoms with van der Waals surface area (Å²) in [6.07, 6.45) is -3.39. The molecule has 0 bridgehead atoms. The second-order valence-corrected chi connectivity index (χ2v) is 8.07. The van der Waals surface area contributed by atoms with Gasteiger partial charge in [-0.3, -0.25) is 9.78 Å². The molecule has 0 aliphatic rings. The Labute approximate surface area is 175 Å². The molecule has 0 aliphatic heterocycles. The van der Waals surface area contributed by atoms with Crippen LogP contribution < -0.4 is 10.6 Å². The Hall–Kier alpha value is -2.97. The van der Waals surface area contributed by atoms with Crippen LogP contribution in [-0.4, -0.2) is 15.9 Å². The van der Waals surface area contributed by atoms with Gasteiger partial charge in [0.05, 0.1) is 18.2 Å². The van der Waals surface area contributed by atoms with E-state index in [0.717, 1.165) is 23.6 Å². The van der Waals surface area contributed by atoms with Crippen LogP contribution in [0.3, 0.4) is 0 Å². The van der Waals surface area contributed by atoms with Gasteiger partial charge in [-0.1, -0.05) is 17.4 Å². The number of aromatic nitrogens is 2. The van der Waals surface area contributed by atoms with Crippen LogP contribution in [0.25, 0.3) is 0 Å². The number of carbonyl (C=O) groups excluding carboxylic acids is 1. The van der Waals surface area contributed by atoms with Gasteiger partial charge in [-0.2, -0.15) is 18.4 Å². The van der Waals surface area contributed by atoms with E-state index in [0.29, 0.717) is 25.7 Å². The summed E-state index contributed by atoms with van der Waals surface area (Å²) in [6.45, 7) is 0.134. The largest absolute Gasteiger partial charge is 0.433 e. The number of nitrogens with two attached hydrogens (primary N) is 1. The van der Waals surface area contributed by atoms with Crippen LogP contribution in [0, 0.1) is 11.3 Å². The lowest BCUT2D eigenvalue weighted by Gasteiger charge is -2.22. The summed E-state index contributed by atoms with van der Waals surface area (Å²) >= 11 is 4.39. The van der Waals surface area contributed by atoms with Gasteiger partial charge in [-0.15, -0.1) is 0 Å². The van der Waals surface area contributed by atoms with Gasteiger partial charge in [0.2, 0.25) is 0 Å². The van der Waals surface area contributed by atoms with Gasteiger partial charge in [0.15, 0.2) is 10.8 Å². The summed E-state index contributed by atoms with van der Waals surface area (Å²) in [6, 6.07) is 10.8. The minimum atomic E-state index is -4.53. The van der Waals surface area contributed by atoms with Crippen molar-refractivity contribution >= 4 is 44.0 Å². The third kappa shape index (κ3) is 4.72. The maximum Gasteiger partial charge on any atom is 0.433 e. The van der Waals surface area contributed by atoms with Gasteiger partial charge in [-0.25, -0.2) is 4.98 Å². The number of amides is 1. The zero-order valence-electron chi connectivity index (χ0n) is 14.4. The van der Waals surface area contributed by atoms with Crippen molar-refractivity contribution in [2.24, 2.45) is 5.73 Å². The predicted molar refractivity (Wildman–Crippen MR) is 105 cm³/mol. The molecule has 1 aromatic carbocycles. The summed E-state index contributed by atoms with van der Waals surface area (Å²) < 4.78 is 38.7. The number of nitriles is 1. The Balaban J connectivity index is 1.99. The molecule has 0 saturated carbocycles. The van der Waals surface area contributed by atoms with Crippen LogP contribution in [0.1, 0.15) is 27.3 Å². The number of benzene rings is 1. The zero-order chi connectivity index (χ0) is 21.2. The van der Waals surface area contributed by atoms with Gasteiger partial charge in [0, 0.05) is 11.9 Å². The van der Waals surface area contributed by atoms with E-state index >= 15 is 0 Å². The molecule has 3 rings (SSSR count). The molecule has 0 saturated heterocycles. The molecule has 0 aliphatic carbocycles. The van der Waals surface area contributed by atoms with E-state index in [4.69, 9.17) is 11.0 Å². The molecule has 6 nitrogen and oxygen atoms in total. The Kier molecular flexibility index (Phi) is 5.86. The van der Waals surface area contributed by atoms with Crippen LogP contribution in [0.15, 0.2) is 46.4 Å². The highest BCUT2D eigenvalue weighted by molar-refractivity contribution is 9.11. The average Bonchev–Trinajstić information content (AvgIpc) is 3.07. The molecule has 1 amide bonds. The smallest absolute Gasteiger partial charge is 0.364 e. The Morgan fingerprint density at radius 2 is 1.93 bits per heavy atom. The molecular formula is C18H11BrF3N5OS. The number of alkyl halides is 3. The van der Waals surface area contributed by atoms with Gasteiger partial charge < -0.3 is 10.6 Å². The summed E-state index contributed by atoms with van der Waals surface area (Å²) in [5.41, 5.74) is 5.95. The number of nitrogens with zero attached hydrogens (tertiary/aromatic N) is 4. The second kappa shape index (κ2) is 8.18.